The van der Waals surface area contributed by atoms with Gasteiger partial charge in [0.25, 0.3) is 0 Å². The average Bonchev–Trinajstić information content (AvgIpc) is 1.94. The van der Waals surface area contributed by atoms with Crippen molar-refractivity contribution in [1.82, 2.24) is 0 Å². The molecule has 0 aliphatic heterocycles. The largest absolute Gasteiger partial charge is 0.378 e. The molecule has 1 aliphatic carbocycles. The maximum Gasteiger partial charge on any atom is 0.0600 e. The van der Waals surface area contributed by atoms with Crippen LogP contribution in [-0.4, -0.2) is 12.7 Å². The molecule has 0 unspecified atom stereocenters. The number of hydrogen-bond donors (Lipinski definition) is 0. The van der Waals surface area contributed by atoms with E-state index in [0.29, 0.717) is 6.10 Å². The first-order valence-corrected chi connectivity index (χ1v) is 4.46. The Morgan fingerprint density at radius 1 is 1.30 bits per heavy atom. The van der Waals surface area contributed by atoms with Crippen molar-refractivity contribution in [3.8, 4) is 0 Å². The Labute approximate surface area is 63.8 Å². The van der Waals surface area contributed by atoms with Crippen molar-refractivity contribution in [1.29, 1.82) is 0 Å². The molecule has 1 fully saturated rings. The van der Waals surface area contributed by atoms with Gasteiger partial charge in [0.05, 0.1) is 6.10 Å². The van der Waals surface area contributed by atoms with Gasteiger partial charge >= 0.3 is 0 Å². The Balaban J connectivity index is 2.25. The van der Waals surface area contributed by atoms with Gasteiger partial charge in [0.15, 0.2) is 0 Å². The van der Waals surface area contributed by atoms with Gasteiger partial charge in [-0.1, -0.05) is 19.8 Å². The van der Waals surface area contributed by atoms with E-state index in [0.717, 1.165) is 12.5 Å². The molecule has 0 aromatic heterocycles. The van der Waals surface area contributed by atoms with E-state index in [-0.39, 0.29) is 0 Å². The monoisotopic (exact) mass is 142 g/mol. The van der Waals surface area contributed by atoms with Crippen LogP contribution in [0.1, 0.15) is 39.5 Å². The molecule has 1 rings (SSSR count). The summed E-state index contributed by atoms with van der Waals surface area (Å²) in [5, 5.41) is 0. The normalized spacial score (nSPS) is 34.2. The minimum absolute atomic E-state index is 0.568. The second-order valence-electron chi connectivity index (χ2n) is 3.26. The summed E-state index contributed by atoms with van der Waals surface area (Å²) in [4.78, 5) is 0. The Kier molecular flexibility index (Phi) is 3.20. The van der Waals surface area contributed by atoms with E-state index in [1.165, 1.54) is 25.7 Å². The van der Waals surface area contributed by atoms with Crippen molar-refractivity contribution in [3.63, 3.8) is 0 Å². The highest BCUT2D eigenvalue weighted by Crippen LogP contribution is 2.25. The molecule has 0 bridgehead atoms. The van der Waals surface area contributed by atoms with E-state index in [2.05, 4.69) is 13.8 Å². The van der Waals surface area contributed by atoms with Crippen LogP contribution in [0.25, 0.3) is 0 Å². The fourth-order valence-corrected chi connectivity index (χ4v) is 1.74. The lowest BCUT2D eigenvalue weighted by Crippen LogP contribution is -2.25. The summed E-state index contributed by atoms with van der Waals surface area (Å²) in [7, 11) is 0. The van der Waals surface area contributed by atoms with Gasteiger partial charge in [0.2, 0.25) is 0 Å². The van der Waals surface area contributed by atoms with E-state index >= 15 is 0 Å². The maximum atomic E-state index is 5.60. The van der Waals surface area contributed by atoms with Gasteiger partial charge in [-0.3, -0.25) is 0 Å². The Bertz CT molecular complexity index is 88.7. The van der Waals surface area contributed by atoms with E-state index in [9.17, 15) is 0 Å². The minimum Gasteiger partial charge on any atom is -0.378 e. The van der Waals surface area contributed by atoms with Crippen molar-refractivity contribution in [2.75, 3.05) is 6.61 Å². The maximum absolute atomic E-state index is 5.60. The first-order chi connectivity index (χ1) is 4.84. The first kappa shape index (κ1) is 8.06. The standard InChI is InChI=1S/C9H18O/c1-3-10-9-7-5-4-6-8(9)2/h8-9H,3-7H2,1-2H3/t8-,9+/m0/s1. The molecule has 0 N–H and O–H groups in total. The third-order valence-corrected chi connectivity index (χ3v) is 2.41. The predicted molar refractivity (Wildman–Crippen MR) is 43.0 cm³/mol. The molecular formula is C9H18O. The van der Waals surface area contributed by atoms with Crippen LogP contribution in [0.5, 0.6) is 0 Å². The summed E-state index contributed by atoms with van der Waals surface area (Å²) >= 11 is 0. The molecular weight excluding hydrogens is 124 g/mol. The van der Waals surface area contributed by atoms with Crippen molar-refractivity contribution in [2.45, 2.75) is 45.6 Å². The van der Waals surface area contributed by atoms with Gasteiger partial charge < -0.3 is 4.74 Å². The quantitative estimate of drug-likeness (QED) is 0.576. The van der Waals surface area contributed by atoms with Crippen molar-refractivity contribution >= 4 is 0 Å². The smallest absolute Gasteiger partial charge is 0.0600 e. The van der Waals surface area contributed by atoms with Crippen molar-refractivity contribution < 1.29 is 4.74 Å². The van der Waals surface area contributed by atoms with Crippen LogP contribution >= 0.6 is 0 Å². The molecule has 2 atom stereocenters. The molecule has 0 aromatic carbocycles. The fourth-order valence-electron chi connectivity index (χ4n) is 1.74. The second-order valence-corrected chi connectivity index (χ2v) is 3.26. The predicted octanol–water partition coefficient (Wildman–Crippen LogP) is 2.60. The summed E-state index contributed by atoms with van der Waals surface area (Å²) < 4.78 is 5.60. The number of rotatable bonds is 2. The Morgan fingerprint density at radius 3 is 2.60 bits per heavy atom. The zero-order valence-corrected chi connectivity index (χ0v) is 7.10. The molecule has 1 aliphatic rings. The van der Waals surface area contributed by atoms with Gasteiger partial charge in [-0.2, -0.15) is 0 Å². The van der Waals surface area contributed by atoms with Crippen LogP contribution in [0.3, 0.4) is 0 Å². The Morgan fingerprint density at radius 2 is 2.00 bits per heavy atom. The molecule has 0 spiro atoms. The van der Waals surface area contributed by atoms with Crippen LogP contribution in [-0.2, 0) is 4.74 Å². The third kappa shape index (κ3) is 1.98. The van der Waals surface area contributed by atoms with Crippen LogP contribution in [0.15, 0.2) is 0 Å². The highest BCUT2D eigenvalue weighted by molar-refractivity contribution is 4.71. The average molecular weight is 142 g/mol. The molecule has 1 heteroatoms. The molecule has 0 aromatic rings. The summed E-state index contributed by atoms with van der Waals surface area (Å²) in [5.74, 6) is 0.800. The van der Waals surface area contributed by atoms with Gasteiger partial charge in [0, 0.05) is 6.61 Å². The van der Waals surface area contributed by atoms with Crippen molar-refractivity contribution in [2.24, 2.45) is 5.92 Å². The molecule has 1 nitrogen and oxygen atoms in total. The topological polar surface area (TPSA) is 9.23 Å². The summed E-state index contributed by atoms with van der Waals surface area (Å²) in [6.07, 6.45) is 6.00. The Hall–Kier alpha value is -0.0400. The summed E-state index contributed by atoms with van der Waals surface area (Å²) in [6.45, 7) is 5.27. The third-order valence-electron chi connectivity index (χ3n) is 2.41. The van der Waals surface area contributed by atoms with Crippen molar-refractivity contribution in [3.05, 3.63) is 0 Å². The van der Waals surface area contributed by atoms with Crippen LogP contribution in [0, 0.1) is 5.92 Å². The lowest BCUT2D eigenvalue weighted by Gasteiger charge is -2.28. The van der Waals surface area contributed by atoms with Crippen LogP contribution < -0.4 is 0 Å². The van der Waals surface area contributed by atoms with Gasteiger partial charge in [-0.25, -0.2) is 0 Å². The lowest BCUT2D eigenvalue weighted by molar-refractivity contribution is 0.00206. The molecule has 0 saturated heterocycles. The number of ether oxygens (including phenoxy) is 1. The van der Waals surface area contributed by atoms with Crippen LogP contribution in [0.2, 0.25) is 0 Å². The van der Waals surface area contributed by atoms with E-state index in [1.54, 1.807) is 0 Å². The highest BCUT2D eigenvalue weighted by atomic mass is 16.5. The molecule has 10 heavy (non-hydrogen) atoms. The SMILES string of the molecule is CCO[C@@H]1CCCC[C@@H]1C. The van der Waals surface area contributed by atoms with E-state index in [1.807, 2.05) is 0 Å². The summed E-state index contributed by atoms with van der Waals surface area (Å²) in [6, 6.07) is 0. The molecule has 0 radical (unpaired) electrons. The van der Waals surface area contributed by atoms with Gasteiger partial charge in [0.1, 0.15) is 0 Å². The molecule has 1 saturated carbocycles. The van der Waals surface area contributed by atoms with E-state index < -0.39 is 0 Å². The van der Waals surface area contributed by atoms with E-state index in [4.69, 9.17) is 4.74 Å². The molecule has 0 heterocycles. The van der Waals surface area contributed by atoms with Gasteiger partial charge in [-0.15, -0.1) is 0 Å². The zero-order valence-electron chi connectivity index (χ0n) is 7.10. The molecule has 0 amide bonds. The summed E-state index contributed by atoms with van der Waals surface area (Å²) in [5.41, 5.74) is 0. The number of hydrogen-bond acceptors (Lipinski definition) is 1. The first-order valence-electron chi connectivity index (χ1n) is 4.46. The second kappa shape index (κ2) is 3.97. The fraction of sp³-hybridized carbons (Fsp3) is 1.00. The van der Waals surface area contributed by atoms with Crippen LogP contribution in [0.4, 0.5) is 0 Å². The highest BCUT2D eigenvalue weighted by Gasteiger charge is 2.20. The van der Waals surface area contributed by atoms with Gasteiger partial charge in [-0.05, 0) is 25.7 Å². The minimum atomic E-state index is 0.568. The zero-order chi connectivity index (χ0) is 7.40. The molecule has 60 valence electrons. The lowest BCUT2D eigenvalue weighted by atomic mass is 9.88.